The lowest BCUT2D eigenvalue weighted by atomic mass is 10.2. The maximum absolute atomic E-state index is 12.2. The number of rotatable bonds is 6. The second kappa shape index (κ2) is 7.98. The summed E-state index contributed by atoms with van der Waals surface area (Å²) < 4.78 is 27.3. The van der Waals surface area contributed by atoms with Crippen molar-refractivity contribution in [2.24, 2.45) is 0 Å². The highest BCUT2D eigenvalue weighted by Crippen LogP contribution is 2.19. The fourth-order valence-electron chi connectivity index (χ4n) is 2.41. The van der Waals surface area contributed by atoms with Crippen LogP contribution < -0.4 is 10.0 Å². The molecule has 0 spiro atoms. The number of hydrogen-bond acceptors (Lipinski definition) is 4. The monoisotopic (exact) mass is 382 g/mol. The van der Waals surface area contributed by atoms with Crippen molar-refractivity contribution < 1.29 is 13.2 Å². The molecule has 138 valence electrons. The Hall–Kier alpha value is -3.23. The maximum Gasteiger partial charge on any atom is 0.248 e. The lowest BCUT2D eigenvalue weighted by molar-refractivity contribution is -0.111. The number of sulfonamides is 1. The minimum atomic E-state index is -3.47. The maximum atomic E-state index is 12.2. The van der Waals surface area contributed by atoms with Gasteiger partial charge in [-0.15, -0.1) is 0 Å². The highest BCUT2D eigenvalue weighted by Gasteiger charge is 2.10. The molecule has 0 saturated carbocycles. The summed E-state index contributed by atoms with van der Waals surface area (Å²) in [5.74, 6) is -0.304. The molecule has 0 aliphatic carbocycles. The highest BCUT2D eigenvalue weighted by molar-refractivity contribution is 7.89. The topological polar surface area (TPSA) is 93.1 Å². The molecule has 1 heterocycles. The first-order valence-corrected chi connectivity index (χ1v) is 9.59. The second-order valence-electron chi connectivity index (χ2n) is 5.57. The Labute approximate surface area is 157 Å². The van der Waals surface area contributed by atoms with Crippen LogP contribution in [0, 0.1) is 0 Å². The zero-order valence-corrected chi connectivity index (χ0v) is 15.3. The number of benzene rings is 2. The molecule has 0 unspecified atom stereocenters. The van der Waals surface area contributed by atoms with Gasteiger partial charge in [0, 0.05) is 18.5 Å². The van der Waals surface area contributed by atoms with Crippen molar-refractivity contribution in [3.05, 3.63) is 78.6 Å². The Kier molecular flexibility index (Phi) is 5.49. The molecule has 7 nitrogen and oxygen atoms in total. The van der Waals surface area contributed by atoms with E-state index >= 15 is 0 Å². The zero-order chi connectivity index (χ0) is 19.3. The van der Waals surface area contributed by atoms with Gasteiger partial charge in [0.2, 0.25) is 15.9 Å². The highest BCUT2D eigenvalue weighted by atomic mass is 32.2. The predicted molar refractivity (Wildman–Crippen MR) is 104 cm³/mol. The van der Waals surface area contributed by atoms with E-state index in [2.05, 4.69) is 15.1 Å². The largest absolute Gasteiger partial charge is 0.321 e. The molecule has 1 amide bonds. The molecular weight excluding hydrogens is 364 g/mol. The molecule has 0 radical (unpaired) electrons. The molecule has 0 saturated heterocycles. The molecule has 1 aromatic heterocycles. The van der Waals surface area contributed by atoms with Crippen LogP contribution in [-0.4, -0.2) is 31.2 Å². The number of carbonyl (C=O) groups excluding carboxylic acids is 1. The quantitative estimate of drug-likeness (QED) is 0.641. The molecule has 0 aliphatic heterocycles. The zero-order valence-electron chi connectivity index (χ0n) is 14.5. The fourth-order valence-corrected chi connectivity index (χ4v) is 3.14. The van der Waals surface area contributed by atoms with Gasteiger partial charge in [-0.05, 0) is 49.0 Å². The molecule has 0 atom stereocenters. The van der Waals surface area contributed by atoms with Crippen LogP contribution in [0.4, 0.5) is 5.69 Å². The SMILES string of the molecule is CNS(=O)(=O)c1ccc(C=CC(=O)Nc2ccccc2-n2cccn2)cc1. The molecule has 8 heteroatoms. The van der Waals surface area contributed by atoms with Crippen LogP contribution in [0.5, 0.6) is 0 Å². The first kappa shape index (κ1) is 18.6. The molecule has 0 bridgehead atoms. The Bertz CT molecular complexity index is 1060. The third-order valence-electron chi connectivity index (χ3n) is 3.80. The van der Waals surface area contributed by atoms with Gasteiger partial charge in [0.1, 0.15) is 0 Å². The van der Waals surface area contributed by atoms with Crippen LogP contribution in [-0.2, 0) is 14.8 Å². The molecule has 2 N–H and O–H groups in total. The summed E-state index contributed by atoms with van der Waals surface area (Å²) in [6.07, 6.45) is 6.46. The Balaban J connectivity index is 1.72. The minimum absolute atomic E-state index is 0.166. The number of nitrogens with zero attached hydrogens (tertiary/aromatic N) is 2. The molecule has 3 rings (SSSR count). The van der Waals surface area contributed by atoms with Crippen molar-refractivity contribution in [3.63, 3.8) is 0 Å². The van der Waals surface area contributed by atoms with Crippen LogP contribution in [0.3, 0.4) is 0 Å². The summed E-state index contributed by atoms with van der Waals surface area (Å²) in [5.41, 5.74) is 2.10. The first-order valence-electron chi connectivity index (χ1n) is 8.11. The van der Waals surface area contributed by atoms with Crippen molar-refractivity contribution in [3.8, 4) is 5.69 Å². The molecule has 27 heavy (non-hydrogen) atoms. The fraction of sp³-hybridized carbons (Fsp3) is 0.0526. The van der Waals surface area contributed by atoms with Gasteiger partial charge in [-0.2, -0.15) is 5.10 Å². The van der Waals surface area contributed by atoms with Gasteiger partial charge < -0.3 is 5.32 Å². The van der Waals surface area contributed by atoms with Gasteiger partial charge >= 0.3 is 0 Å². The van der Waals surface area contributed by atoms with E-state index in [1.54, 1.807) is 47.4 Å². The van der Waals surface area contributed by atoms with E-state index in [0.29, 0.717) is 11.3 Å². The standard InChI is InChI=1S/C19H18N4O3S/c1-20-27(25,26)16-10-7-15(8-11-16)9-12-19(24)22-17-5-2-3-6-18(17)23-14-4-13-21-23/h2-14,20H,1H3,(H,22,24). The van der Waals surface area contributed by atoms with Gasteiger partial charge in [-0.1, -0.05) is 24.3 Å². The summed E-state index contributed by atoms with van der Waals surface area (Å²) >= 11 is 0. The van der Waals surface area contributed by atoms with Crippen molar-refractivity contribution in [2.75, 3.05) is 12.4 Å². The van der Waals surface area contributed by atoms with Gasteiger partial charge in [0.15, 0.2) is 0 Å². The van der Waals surface area contributed by atoms with Crippen molar-refractivity contribution in [1.82, 2.24) is 14.5 Å². The summed E-state index contributed by atoms with van der Waals surface area (Å²) in [5, 5.41) is 7.00. The Morgan fingerprint density at radius 1 is 1.07 bits per heavy atom. The summed E-state index contributed by atoms with van der Waals surface area (Å²) in [6.45, 7) is 0. The third kappa shape index (κ3) is 4.49. The smallest absolute Gasteiger partial charge is 0.248 e. The van der Waals surface area contributed by atoms with Crippen LogP contribution in [0.1, 0.15) is 5.56 Å². The van der Waals surface area contributed by atoms with E-state index < -0.39 is 10.0 Å². The van der Waals surface area contributed by atoms with E-state index in [1.165, 1.54) is 25.3 Å². The van der Waals surface area contributed by atoms with E-state index in [9.17, 15) is 13.2 Å². The average molecular weight is 382 g/mol. The number of carbonyl (C=O) groups is 1. The van der Waals surface area contributed by atoms with E-state index in [4.69, 9.17) is 0 Å². The first-order chi connectivity index (χ1) is 13.0. The minimum Gasteiger partial charge on any atom is -0.321 e. The van der Waals surface area contributed by atoms with Crippen LogP contribution >= 0.6 is 0 Å². The molecular formula is C19H18N4O3S. The van der Waals surface area contributed by atoms with Crippen LogP contribution in [0.25, 0.3) is 11.8 Å². The lowest BCUT2D eigenvalue weighted by Gasteiger charge is -2.09. The normalized spacial score (nSPS) is 11.6. The number of hydrogen-bond donors (Lipinski definition) is 2. The summed E-state index contributed by atoms with van der Waals surface area (Å²) in [7, 11) is -2.12. The number of aromatic nitrogens is 2. The van der Waals surface area contributed by atoms with Crippen molar-refractivity contribution >= 4 is 27.7 Å². The number of para-hydroxylation sites is 2. The molecule has 0 aliphatic rings. The average Bonchev–Trinajstić information content (AvgIpc) is 3.22. The van der Waals surface area contributed by atoms with Gasteiger partial charge in [0.25, 0.3) is 0 Å². The Morgan fingerprint density at radius 3 is 2.48 bits per heavy atom. The number of amides is 1. The number of anilines is 1. The molecule has 0 fully saturated rings. The van der Waals surface area contributed by atoms with Gasteiger partial charge in [-0.25, -0.2) is 17.8 Å². The predicted octanol–water partition coefficient (Wildman–Crippen LogP) is 2.43. The van der Waals surface area contributed by atoms with Crippen LogP contribution in [0.15, 0.2) is 78.0 Å². The third-order valence-corrected chi connectivity index (χ3v) is 5.23. The van der Waals surface area contributed by atoms with Crippen molar-refractivity contribution in [1.29, 1.82) is 0 Å². The van der Waals surface area contributed by atoms with E-state index in [-0.39, 0.29) is 10.8 Å². The van der Waals surface area contributed by atoms with E-state index in [1.807, 2.05) is 18.2 Å². The van der Waals surface area contributed by atoms with Crippen molar-refractivity contribution in [2.45, 2.75) is 4.90 Å². The Morgan fingerprint density at radius 2 is 1.81 bits per heavy atom. The number of nitrogens with one attached hydrogen (secondary N) is 2. The molecule has 3 aromatic rings. The van der Waals surface area contributed by atoms with Gasteiger partial charge in [-0.3, -0.25) is 4.79 Å². The summed E-state index contributed by atoms with van der Waals surface area (Å²) in [6, 6.07) is 15.4. The van der Waals surface area contributed by atoms with Gasteiger partial charge in [0.05, 0.1) is 16.3 Å². The molecule has 2 aromatic carbocycles. The van der Waals surface area contributed by atoms with E-state index in [0.717, 1.165) is 5.69 Å². The second-order valence-corrected chi connectivity index (χ2v) is 7.45. The van der Waals surface area contributed by atoms with Crippen LogP contribution in [0.2, 0.25) is 0 Å². The summed E-state index contributed by atoms with van der Waals surface area (Å²) in [4.78, 5) is 12.4. The lowest BCUT2D eigenvalue weighted by Crippen LogP contribution is -2.18.